The van der Waals surface area contributed by atoms with Crippen LogP contribution in [0.4, 0.5) is 0 Å². The minimum Gasteiger partial charge on any atom is -0.490 e. The fourth-order valence-corrected chi connectivity index (χ4v) is 34.9. The summed E-state index contributed by atoms with van der Waals surface area (Å²) in [6.45, 7) is 27.9. The molecule has 4 heteroatoms. The molecule has 216 valence electrons. The van der Waals surface area contributed by atoms with E-state index in [-0.39, 0.29) is 0 Å². The second-order valence-corrected chi connectivity index (χ2v) is 34.5. The molecule has 0 spiro atoms. The van der Waals surface area contributed by atoms with Crippen LogP contribution in [0.15, 0.2) is 80.4 Å². The number of hydrogen-bond donors (Lipinski definition) is 0. The van der Waals surface area contributed by atoms with Gasteiger partial charge in [-0.15, -0.1) is 0 Å². The normalized spacial score (nSPS) is 16.0. The molecule has 3 aromatic rings. The van der Waals surface area contributed by atoms with Gasteiger partial charge in [0.15, 0.2) is 0 Å². The van der Waals surface area contributed by atoms with Gasteiger partial charge in [0.05, 0.1) is 21.3 Å². The van der Waals surface area contributed by atoms with Gasteiger partial charge in [-0.1, -0.05) is 148 Å². The minimum absolute atomic E-state index is 0.323. The Morgan fingerprint density at radius 1 is 0.683 bits per heavy atom. The maximum Gasteiger partial charge on any atom is 0.120 e. The summed E-state index contributed by atoms with van der Waals surface area (Å²) in [4.78, 5) is 0. The molecule has 0 amide bonds. The summed E-state index contributed by atoms with van der Waals surface area (Å²) in [7, 11) is -5.16. The van der Waals surface area contributed by atoms with Gasteiger partial charge in [-0.2, -0.15) is 0 Å². The van der Waals surface area contributed by atoms with E-state index in [0.717, 1.165) is 24.2 Å². The summed E-state index contributed by atoms with van der Waals surface area (Å²) < 4.78 is 6.53. The first-order valence-electron chi connectivity index (χ1n) is 15.4. The van der Waals surface area contributed by atoms with E-state index in [2.05, 4.69) is 120 Å². The van der Waals surface area contributed by atoms with Crippen molar-refractivity contribution in [1.82, 2.24) is 0 Å². The van der Waals surface area contributed by atoms with E-state index in [9.17, 15) is 0 Å². The lowest BCUT2D eigenvalue weighted by molar-refractivity contribution is 0.155. The van der Waals surface area contributed by atoms with Crippen LogP contribution in [0.3, 0.4) is 0 Å². The summed E-state index contributed by atoms with van der Waals surface area (Å²) in [5.74, 6) is 0.967. The van der Waals surface area contributed by atoms with Gasteiger partial charge < -0.3 is 4.74 Å². The van der Waals surface area contributed by atoms with Crippen LogP contribution in [-0.4, -0.2) is 29.4 Å². The fourth-order valence-electron chi connectivity index (χ4n) is 6.80. The number of benzene rings is 3. The maximum absolute atomic E-state index is 6.53. The zero-order chi connectivity index (χ0) is 29.8. The van der Waals surface area contributed by atoms with Crippen LogP contribution in [-0.2, 0) is 0 Å². The number of hydrogen-bond acceptors (Lipinski definition) is 1. The average molecular weight is 595 g/mol. The van der Waals surface area contributed by atoms with Gasteiger partial charge in [0.1, 0.15) is 5.75 Å². The molecule has 0 heterocycles. The molecule has 0 aliphatic heterocycles. The van der Waals surface area contributed by atoms with E-state index in [1.165, 1.54) is 52.4 Å². The molecule has 3 aromatic carbocycles. The molecule has 41 heavy (non-hydrogen) atoms. The molecule has 1 nitrogen and oxygen atoms in total. The lowest BCUT2D eigenvalue weighted by Gasteiger charge is -2.45. The van der Waals surface area contributed by atoms with E-state index < -0.39 is 23.3 Å². The quantitative estimate of drug-likeness (QED) is 0.201. The molecule has 0 N–H and O–H groups in total. The van der Waals surface area contributed by atoms with Gasteiger partial charge in [-0.05, 0) is 65.6 Å². The van der Waals surface area contributed by atoms with Crippen molar-refractivity contribution >= 4 is 51.9 Å². The summed E-state index contributed by atoms with van der Waals surface area (Å²) in [5.41, 5.74) is 7.33. The molecular weight excluding hydrogens is 545 g/mol. The van der Waals surface area contributed by atoms with E-state index >= 15 is 0 Å². The standard InChI is InChI=1S/C37H50OSi3/c1-10-29-18-23-34(24-19-29)41(9,28-39(4,5)6)40(7,8)35-25-21-31(12-3)37(27-35)36-26-33(22-20-30(36)11-2)38-32-16-14-13-15-17-32/h10-12,18-27,32H,1-3,13-17,28H2,4-9H3. The van der Waals surface area contributed by atoms with Crippen molar-refractivity contribution in [3.63, 3.8) is 0 Å². The molecule has 1 aliphatic rings. The third-order valence-electron chi connectivity index (χ3n) is 9.43. The van der Waals surface area contributed by atoms with E-state index in [1.807, 2.05) is 18.2 Å². The largest absolute Gasteiger partial charge is 0.490 e. The van der Waals surface area contributed by atoms with Crippen molar-refractivity contribution in [3.05, 3.63) is 97.1 Å². The molecule has 1 saturated carbocycles. The van der Waals surface area contributed by atoms with Crippen molar-refractivity contribution in [2.75, 3.05) is 0 Å². The highest BCUT2D eigenvalue weighted by molar-refractivity contribution is 7.52. The molecule has 0 radical (unpaired) electrons. The summed E-state index contributed by atoms with van der Waals surface area (Å²) >= 11 is 0. The average Bonchev–Trinajstić information content (AvgIpc) is 2.96. The van der Waals surface area contributed by atoms with Crippen molar-refractivity contribution in [3.8, 4) is 16.9 Å². The van der Waals surface area contributed by atoms with E-state index in [4.69, 9.17) is 4.74 Å². The van der Waals surface area contributed by atoms with Gasteiger partial charge >= 0.3 is 0 Å². The summed E-state index contributed by atoms with van der Waals surface area (Å²) in [5, 5.41) is 3.12. The van der Waals surface area contributed by atoms with Crippen LogP contribution in [0, 0.1) is 0 Å². The first kappa shape index (κ1) is 31.3. The molecule has 0 saturated heterocycles. The van der Waals surface area contributed by atoms with Crippen LogP contribution >= 0.6 is 0 Å². The molecule has 0 aromatic heterocycles. The van der Waals surface area contributed by atoms with Crippen LogP contribution in [0.5, 0.6) is 5.75 Å². The van der Waals surface area contributed by atoms with Crippen molar-refractivity contribution in [2.45, 2.75) is 83.2 Å². The van der Waals surface area contributed by atoms with Gasteiger partial charge in [-0.3, -0.25) is 0 Å². The van der Waals surface area contributed by atoms with Gasteiger partial charge in [0.25, 0.3) is 0 Å². The highest BCUT2D eigenvalue weighted by Gasteiger charge is 2.49. The molecule has 4 rings (SSSR count). The summed E-state index contributed by atoms with van der Waals surface area (Å²) in [6, 6.07) is 23.1. The van der Waals surface area contributed by atoms with E-state index in [0.29, 0.717) is 6.10 Å². The Balaban J connectivity index is 1.84. The SMILES string of the molecule is C=Cc1ccc([Si](C)(C[Si](C)(C)C)[Si](C)(C)c2ccc(C=C)c(-c3cc(OC4CCCCC4)ccc3C=C)c2)cc1. The summed E-state index contributed by atoms with van der Waals surface area (Å²) in [6.07, 6.45) is 12.4. The van der Waals surface area contributed by atoms with Gasteiger partial charge in [0.2, 0.25) is 0 Å². The number of rotatable bonds is 11. The molecule has 0 bridgehead atoms. The van der Waals surface area contributed by atoms with Gasteiger partial charge in [-0.25, -0.2) is 0 Å². The van der Waals surface area contributed by atoms with Crippen molar-refractivity contribution in [2.24, 2.45) is 0 Å². The number of ether oxygens (including phenoxy) is 1. The van der Waals surface area contributed by atoms with Crippen LogP contribution < -0.4 is 15.1 Å². The predicted octanol–water partition coefficient (Wildman–Crippen LogP) is 9.85. The third kappa shape index (κ3) is 6.87. The Morgan fingerprint density at radius 3 is 1.80 bits per heavy atom. The minimum atomic E-state index is -1.93. The first-order valence-corrected chi connectivity index (χ1v) is 25.8. The Morgan fingerprint density at radius 2 is 1.24 bits per heavy atom. The smallest absolute Gasteiger partial charge is 0.120 e. The maximum atomic E-state index is 6.53. The first-order chi connectivity index (χ1) is 19.4. The van der Waals surface area contributed by atoms with E-state index in [1.54, 1.807) is 5.19 Å². The van der Waals surface area contributed by atoms with Crippen molar-refractivity contribution in [1.29, 1.82) is 0 Å². The van der Waals surface area contributed by atoms with Crippen LogP contribution in [0.2, 0.25) is 44.9 Å². The second-order valence-electron chi connectivity index (χ2n) is 13.9. The Labute approximate surface area is 252 Å². The molecule has 1 aliphatic carbocycles. The molecule has 1 atom stereocenters. The Bertz CT molecular complexity index is 1390. The van der Waals surface area contributed by atoms with Crippen LogP contribution in [0.25, 0.3) is 29.4 Å². The lowest BCUT2D eigenvalue weighted by atomic mass is 9.94. The van der Waals surface area contributed by atoms with Gasteiger partial charge in [0, 0.05) is 8.07 Å². The molecule has 1 fully saturated rings. The highest BCUT2D eigenvalue weighted by Crippen LogP contribution is 2.35. The lowest BCUT2D eigenvalue weighted by Crippen LogP contribution is -2.72. The Kier molecular flexibility index (Phi) is 9.67. The third-order valence-corrected chi connectivity index (χ3v) is 34.2. The zero-order valence-corrected chi connectivity index (χ0v) is 29.4. The predicted molar refractivity (Wildman–Crippen MR) is 193 cm³/mol. The molecule has 1 unspecified atom stereocenters. The topological polar surface area (TPSA) is 9.23 Å². The van der Waals surface area contributed by atoms with Crippen molar-refractivity contribution < 1.29 is 4.74 Å². The Hall–Kier alpha value is -2.67. The highest BCUT2D eigenvalue weighted by atomic mass is 29.3. The molecular formula is C37H50OSi3. The monoisotopic (exact) mass is 594 g/mol. The fraction of sp³-hybridized carbons (Fsp3) is 0.351. The zero-order valence-electron chi connectivity index (χ0n) is 26.4. The second kappa shape index (κ2) is 12.7. The van der Waals surface area contributed by atoms with Crippen LogP contribution in [0.1, 0.15) is 48.8 Å².